The van der Waals surface area contributed by atoms with E-state index < -0.39 is 5.91 Å². The van der Waals surface area contributed by atoms with Gasteiger partial charge in [-0.2, -0.15) is 0 Å². The normalized spacial score (nSPS) is 20.8. The Morgan fingerprint density at radius 3 is 2.54 bits per heavy atom. The first-order valence-corrected chi connectivity index (χ1v) is 12.4. The molecule has 2 fully saturated rings. The van der Waals surface area contributed by atoms with Crippen molar-refractivity contribution in [1.82, 2.24) is 10.2 Å². The van der Waals surface area contributed by atoms with E-state index in [1.54, 1.807) is 36.4 Å². The summed E-state index contributed by atoms with van der Waals surface area (Å²) in [6, 6.07) is 12.1. The van der Waals surface area contributed by atoms with Crippen molar-refractivity contribution in [2.45, 2.75) is 51.1 Å². The number of carbonyl (C=O) groups excluding carboxylic acids is 3. The highest BCUT2D eigenvalue weighted by Gasteiger charge is 2.37. The molecule has 1 aliphatic heterocycles. The Morgan fingerprint density at radius 1 is 0.943 bits per heavy atom. The first kappa shape index (κ1) is 23.2. The number of hydrogen-bond donors (Lipinski definition) is 2. The Morgan fingerprint density at radius 2 is 1.74 bits per heavy atom. The first-order valence-electron chi connectivity index (χ1n) is 12.4. The topological polar surface area (TPSA) is 111 Å². The van der Waals surface area contributed by atoms with E-state index in [0.29, 0.717) is 41.6 Å². The van der Waals surface area contributed by atoms with Crippen LogP contribution < -0.4 is 20.5 Å². The first-order chi connectivity index (χ1) is 17.0. The zero-order valence-corrected chi connectivity index (χ0v) is 19.7. The maximum Gasteiger partial charge on any atom is 0.251 e. The van der Waals surface area contributed by atoms with Gasteiger partial charge >= 0.3 is 0 Å². The number of nitrogens with one attached hydrogen (secondary N) is 1. The van der Waals surface area contributed by atoms with Gasteiger partial charge in [0.2, 0.25) is 18.6 Å². The van der Waals surface area contributed by atoms with Crippen molar-refractivity contribution in [2.75, 3.05) is 13.3 Å². The fourth-order valence-corrected chi connectivity index (χ4v) is 5.01. The fraction of sp³-hybridized carbons (Fsp3) is 0.444. The molecule has 1 heterocycles. The third-order valence-electron chi connectivity index (χ3n) is 7.11. The highest BCUT2D eigenvalue weighted by molar-refractivity contribution is 5.95. The smallest absolute Gasteiger partial charge is 0.251 e. The third-order valence-corrected chi connectivity index (χ3v) is 7.11. The minimum absolute atomic E-state index is 0.0667. The van der Waals surface area contributed by atoms with Crippen LogP contribution in [0.25, 0.3) is 0 Å². The lowest BCUT2D eigenvalue weighted by molar-refractivity contribution is -0.138. The fourth-order valence-electron chi connectivity index (χ4n) is 5.01. The number of nitrogens with two attached hydrogens (primary N) is 1. The summed E-state index contributed by atoms with van der Waals surface area (Å²) >= 11 is 0. The van der Waals surface area contributed by atoms with E-state index in [2.05, 4.69) is 5.32 Å². The van der Waals surface area contributed by atoms with Crippen molar-refractivity contribution in [3.05, 3.63) is 59.2 Å². The maximum absolute atomic E-state index is 13.8. The molecule has 0 radical (unpaired) electrons. The zero-order chi connectivity index (χ0) is 24.4. The lowest BCUT2D eigenvalue weighted by atomic mass is 9.83. The third kappa shape index (κ3) is 5.42. The number of ether oxygens (including phenoxy) is 2. The molecule has 35 heavy (non-hydrogen) atoms. The summed E-state index contributed by atoms with van der Waals surface area (Å²) in [5.74, 6) is 0.799. The van der Waals surface area contributed by atoms with Crippen LogP contribution in [-0.4, -0.2) is 42.0 Å². The van der Waals surface area contributed by atoms with Gasteiger partial charge in [0, 0.05) is 30.3 Å². The van der Waals surface area contributed by atoms with Gasteiger partial charge in [0.15, 0.2) is 11.5 Å². The van der Waals surface area contributed by atoms with Crippen LogP contribution in [-0.2, 0) is 11.3 Å². The summed E-state index contributed by atoms with van der Waals surface area (Å²) in [6.07, 6.45) is 5.69. The second kappa shape index (κ2) is 9.98. The second-order valence-corrected chi connectivity index (χ2v) is 9.77. The number of amides is 3. The summed E-state index contributed by atoms with van der Waals surface area (Å²) in [4.78, 5) is 40.4. The molecule has 0 saturated heterocycles. The van der Waals surface area contributed by atoms with Gasteiger partial charge in [-0.05, 0) is 67.5 Å². The van der Waals surface area contributed by atoms with Gasteiger partial charge in [-0.1, -0.05) is 25.0 Å². The van der Waals surface area contributed by atoms with Crippen molar-refractivity contribution in [2.24, 2.45) is 17.6 Å². The van der Waals surface area contributed by atoms with Crippen molar-refractivity contribution >= 4 is 17.7 Å². The molecule has 0 aromatic heterocycles. The quantitative estimate of drug-likeness (QED) is 0.606. The van der Waals surface area contributed by atoms with Crippen molar-refractivity contribution in [3.63, 3.8) is 0 Å². The predicted molar refractivity (Wildman–Crippen MR) is 129 cm³/mol. The standard InChI is InChI=1S/C27H31N3O5/c28-25(31)19-5-3-4-18(12-19)15-30(14-17-8-9-17)27(33)21-6-1-2-7-22(21)29-26(32)20-10-11-23-24(13-20)35-16-34-23/h3-5,10-13,17,21-22H,1-2,6-9,14-16H2,(H2,28,31)(H,29,32)/t21-,22+/m0/s1. The van der Waals surface area contributed by atoms with E-state index in [1.807, 2.05) is 11.0 Å². The Balaban J connectivity index is 1.31. The van der Waals surface area contributed by atoms with Crippen LogP contribution in [0, 0.1) is 11.8 Å². The molecule has 2 aromatic rings. The average Bonchev–Trinajstić information content (AvgIpc) is 3.56. The Labute approximate surface area is 204 Å². The van der Waals surface area contributed by atoms with Gasteiger partial charge in [0.05, 0.1) is 5.92 Å². The van der Waals surface area contributed by atoms with Crippen LogP contribution in [0.5, 0.6) is 11.5 Å². The van der Waals surface area contributed by atoms with E-state index in [4.69, 9.17) is 15.2 Å². The molecule has 8 heteroatoms. The van der Waals surface area contributed by atoms with Crippen LogP contribution in [0.15, 0.2) is 42.5 Å². The number of rotatable bonds is 8. The molecule has 3 aliphatic rings. The van der Waals surface area contributed by atoms with Crippen molar-refractivity contribution in [1.29, 1.82) is 0 Å². The highest BCUT2D eigenvalue weighted by Crippen LogP contribution is 2.34. The van der Waals surface area contributed by atoms with E-state index in [-0.39, 0.29) is 30.6 Å². The molecular formula is C27H31N3O5. The number of nitrogens with zero attached hydrogens (tertiary/aromatic N) is 1. The number of hydrogen-bond acceptors (Lipinski definition) is 5. The maximum atomic E-state index is 13.8. The molecule has 8 nitrogen and oxygen atoms in total. The van der Waals surface area contributed by atoms with Crippen LogP contribution in [0.4, 0.5) is 0 Å². The predicted octanol–water partition coefficient (Wildman–Crippen LogP) is 3.24. The zero-order valence-electron chi connectivity index (χ0n) is 19.7. The molecule has 2 aliphatic carbocycles. The van der Waals surface area contributed by atoms with E-state index >= 15 is 0 Å². The Hall–Kier alpha value is -3.55. The van der Waals surface area contributed by atoms with Crippen molar-refractivity contribution < 1.29 is 23.9 Å². The summed E-state index contributed by atoms with van der Waals surface area (Å²) < 4.78 is 10.7. The molecule has 3 amide bonds. The molecule has 2 aromatic carbocycles. The molecular weight excluding hydrogens is 446 g/mol. The van der Waals surface area contributed by atoms with Crippen LogP contribution in [0.3, 0.4) is 0 Å². The van der Waals surface area contributed by atoms with Crippen LogP contribution >= 0.6 is 0 Å². The summed E-state index contributed by atoms with van der Waals surface area (Å²) in [5.41, 5.74) is 7.26. The lowest BCUT2D eigenvalue weighted by Crippen LogP contribution is -2.49. The van der Waals surface area contributed by atoms with Gasteiger partial charge in [-0.3, -0.25) is 14.4 Å². The van der Waals surface area contributed by atoms with E-state index in [1.165, 1.54) is 0 Å². The van der Waals surface area contributed by atoms with E-state index in [9.17, 15) is 14.4 Å². The van der Waals surface area contributed by atoms with Crippen molar-refractivity contribution in [3.8, 4) is 11.5 Å². The van der Waals surface area contributed by atoms with Crippen LogP contribution in [0.1, 0.15) is 64.8 Å². The molecule has 0 unspecified atom stereocenters. The number of benzene rings is 2. The van der Waals surface area contributed by atoms with Gasteiger partial charge in [-0.25, -0.2) is 0 Å². The lowest BCUT2D eigenvalue weighted by Gasteiger charge is -2.35. The molecule has 3 N–H and O–H groups in total. The average molecular weight is 478 g/mol. The minimum Gasteiger partial charge on any atom is -0.454 e. The van der Waals surface area contributed by atoms with Gasteiger partial charge < -0.3 is 25.4 Å². The SMILES string of the molecule is NC(=O)c1cccc(CN(CC2CC2)C(=O)[C@H]2CCCC[C@H]2NC(=O)c2ccc3c(c2)OCO3)c1. The van der Waals surface area contributed by atoms with Crippen LogP contribution in [0.2, 0.25) is 0 Å². The molecule has 0 bridgehead atoms. The number of carbonyl (C=O) groups is 3. The molecule has 2 atom stereocenters. The van der Waals surface area contributed by atoms with Gasteiger partial charge in [-0.15, -0.1) is 0 Å². The largest absolute Gasteiger partial charge is 0.454 e. The highest BCUT2D eigenvalue weighted by atomic mass is 16.7. The second-order valence-electron chi connectivity index (χ2n) is 9.77. The Kier molecular flexibility index (Phi) is 6.61. The number of fused-ring (bicyclic) bond motifs is 1. The molecule has 184 valence electrons. The Bertz CT molecular complexity index is 1130. The monoisotopic (exact) mass is 477 g/mol. The van der Waals surface area contributed by atoms with Gasteiger partial charge in [0.1, 0.15) is 0 Å². The molecule has 0 spiro atoms. The van der Waals surface area contributed by atoms with Gasteiger partial charge in [0.25, 0.3) is 5.91 Å². The number of primary amides is 1. The molecule has 5 rings (SSSR count). The van der Waals surface area contributed by atoms with E-state index in [0.717, 1.165) is 44.1 Å². The summed E-state index contributed by atoms with van der Waals surface area (Å²) in [5, 5.41) is 3.13. The summed E-state index contributed by atoms with van der Waals surface area (Å²) in [6.45, 7) is 1.27. The molecule has 2 saturated carbocycles. The summed E-state index contributed by atoms with van der Waals surface area (Å²) in [7, 11) is 0. The minimum atomic E-state index is -0.481.